The van der Waals surface area contributed by atoms with Gasteiger partial charge < -0.3 is 15.4 Å². The van der Waals surface area contributed by atoms with Gasteiger partial charge in [0, 0.05) is 19.2 Å². The number of hydrogen-bond donors (Lipinski definition) is 1. The highest BCUT2D eigenvalue weighted by Gasteiger charge is 2.08. The Kier molecular flexibility index (Phi) is 5.69. The topological polar surface area (TPSA) is 64.3 Å². The molecule has 0 spiro atoms. The number of hydrogen-bond acceptors (Lipinski definition) is 5. The van der Waals surface area contributed by atoms with Gasteiger partial charge in [-0.3, -0.25) is 0 Å². The van der Waals surface area contributed by atoms with E-state index >= 15 is 0 Å². The molecule has 0 aliphatic carbocycles. The van der Waals surface area contributed by atoms with Gasteiger partial charge in [-0.1, -0.05) is 0 Å². The highest BCUT2D eigenvalue weighted by atomic mass is 16.5. The molecule has 96 valence electrons. The molecule has 0 bridgehead atoms. The second kappa shape index (κ2) is 7.06. The summed E-state index contributed by atoms with van der Waals surface area (Å²) in [7, 11) is 0. The smallest absolute Gasteiger partial charge is 0.218 e. The van der Waals surface area contributed by atoms with Crippen LogP contribution >= 0.6 is 0 Å². The summed E-state index contributed by atoms with van der Waals surface area (Å²) < 4.78 is 5.55. The number of rotatable bonds is 7. The quantitative estimate of drug-likeness (QED) is 0.778. The van der Waals surface area contributed by atoms with Crippen LogP contribution in [0.5, 0.6) is 5.88 Å². The molecule has 5 nitrogen and oxygen atoms in total. The molecule has 0 fully saturated rings. The van der Waals surface area contributed by atoms with Crippen LogP contribution in [-0.4, -0.2) is 35.7 Å². The van der Waals surface area contributed by atoms with Gasteiger partial charge in [0.2, 0.25) is 5.88 Å². The SMILES string of the molecule is CCN(CCCN)c1cc(OC(C)C)ncn1. The lowest BCUT2D eigenvalue weighted by Crippen LogP contribution is -2.26. The maximum atomic E-state index is 5.55. The van der Waals surface area contributed by atoms with E-state index in [1.807, 2.05) is 19.9 Å². The van der Waals surface area contributed by atoms with Gasteiger partial charge in [-0.15, -0.1) is 0 Å². The zero-order valence-corrected chi connectivity index (χ0v) is 10.9. The van der Waals surface area contributed by atoms with Crippen LogP contribution in [0.2, 0.25) is 0 Å². The van der Waals surface area contributed by atoms with Crippen LogP contribution in [0.1, 0.15) is 27.2 Å². The number of anilines is 1. The van der Waals surface area contributed by atoms with Gasteiger partial charge in [0.1, 0.15) is 12.1 Å². The van der Waals surface area contributed by atoms with E-state index in [2.05, 4.69) is 21.8 Å². The molecule has 0 radical (unpaired) electrons. The van der Waals surface area contributed by atoms with Gasteiger partial charge in [0.05, 0.1) is 6.10 Å². The summed E-state index contributed by atoms with van der Waals surface area (Å²) in [4.78, 5) is 10.5. The second-order valence-corrected chi connectivity index (χ2v) is 4.10. The zero-order valence-electron chi connectivity index (χ0n) is 10.9. The maximum absolute atomic E-state index is 5.55. The number of ether oxygens (including phenoxy) is 1. The van der Waals surface area contributed by atoms with Gasteiger partial charge >= 0.3 is 0 Å². The van der Waals surface area contributed by atoms with Crippen molar-refractivity contribution in [3.8, 4) is 5.88 Å². The highest BCUT2D eigenvalue weighted by Crippen LogP contribution is 2.16. The Morgan fingerprint density at radius 2 is 2.18 bits per heavy atom. The first kappa shape index (κ1) is 13.7. The molecule has 2 N–H and O–H groups in total. The average molecular weight is 238 g/mol. The molecular weight excluding hydrogens is 216 g/mol. The van der Waals surface area contributed by atoms with Crippen molar-refractivity contribution >= 4 is 5.82 Å². The minimum Gasteiger partial charge on any atom is -0.475 e. The van der Waals surface area contributed by atoms with E-state index in [1.54, 1.807) is 0 Å². The predicted molar refractivity (Wildman–Crippen MR) is 69.4 cm³/mol. The Hall–Kier alpha value is -1.36. The van der Waals surface area contributed by atoms with Crippen molar-refractivity contribution in [1.82, 2.24) is 9.97 Å². The fourth-order valence-corrected chi connectivity index (χ4v) is 1.53. The zero-order chi connectivity index (χ0) is 12.7. The van der Waals surface area contributed by atoms with Gasteiger partial charge in [-0.05, 0) is 33.7 Å². The van der Waals surface area contributed by atoms with E-state index in [0.717, 1.165) is 25.3 Å². The molecule has 5 heteroatoms. The van der Waals surface area contributed by atoms with Crippen LogP contribution in [0, 0.1) is 0 Å². The van der Waals surface area contributed by atoms with Crippen molar-refractivity contribution in [3.05, 3.63) is 12.4 Å². The Balaban J connectivity index is 2.73. The Bertz CT molecular complexity index is 330. The Morgan fingerprint density at radius 3 is 2.76 bits per heavy atom. The minimum absolute atomic E-state index is 0.122. The third kappa shape index (κ3) is 4.56. The van der Waals surface area contributed by atoms with Crippen molar-refractivity contribution in [1.29, 1.82) is 0 Å². The van der Waals surface area contributed by atoms with Crippen molar-refractivity contribution in [2.75, 3.05) is 24.5 Å². The summed E-state index contributed by atoms with van der Waals surface area (Å²) in [6, 6.07) is 1.88. The first-order valence-electron chi connectivity index (χ1n) is 6.11. The lowest BCUT2D eigenvalue weighted by molar-refractivity contribution is 0.232. The molecule has 17 heavy (non-hydrogen) atoms. The lowest BCUT2D eigenvalue weighted by atomic mass is 10.3. The summed E-state index contributed by atoms with van der Waals surface area (Å²) in [6.45, 7) is 8.56. The van der Waals surface area contributed by atoms with Crippen LogP contribution < -0.4 is 15.4 Å². The molecular formula is C12H22N4O. The maximum Gasteiger partial charge on any atom is 0.218 e. The van der Waals surface area contributed by atoms with E-state index in [-0.39, 0.29) is 6.10 Å². The third-order valence-corrected chi connectivity index (χ3v) is 2.32. The van der Waals surface area contributed by atoms with Crippen LogP contribution in [0.15, 0.2) is 12.4 Å². The highest BCUT2D eigenvalue weighted by molar-refractivity contribution is 5.40. The summed E-state index contributed by atoms with van der Waals surface area (Å²) in [5, 5.41) is 0. The standard InChI is InChI=1S/C12H22N4O/c1-4-16(7-5-6-13)11-8-12(15-9-14-11)17-10(2)3/h8-10H,4-7,13H2,1-3H3. The Labute approximate surface area is 103 Å². The van der Waals surface area contributed by atoms with Crippen LogP contribution in [-0.2, 0) is 0 Å². The normalized spacial score (nSPS) is 10.6. The fourth-order valence-electron chi connectivity index (χ4n) is 1.53. The van der Waals surface area contributed by atoms with Gasteiger partial charge in [-0.2, -0.15) is 0 Å². The number of nitrogens with zero attached hydrogens (tertiary/aromatic N) is 3. The molecule has 1 aromatic rings. The molecule has 1 heterocycles. The second-order valence-electron chi connectivity index (χ2n) is 4.10. The first-order chi connectivity index (χ1) is 8.17. The molecule has 0 aromatic carbocycles. The van der Waals surface area contributed by atoms with E-state index in [1.165, 1.54) is 6.33 Å². The van der Waals surface area contributed by atoms with Gasteiger partial charge in [0.15, 0.2) is 0 Å². The molecule has 0 unspecified atom stereocenters. The Morgan fingerprint density at radius 1 is 1.41 bits per heavy atom. The number of nitrogens with two attached hydrogens (primary N) is 1. The average Bonchev–Trinajstić information content (AvgIpc) is 2.30. The fraction of sp³-hybridized carbons (Fsp3) is 0.667. The molecule has 1 aromatic heterocycles. The predicted octanol–water partition coefficient (Wildman–Crippen LogP) is 1.44. The van der Waals surface area contributed by atoms with Crippen LogP contribution in [0.4, 0.5) is 5.82 Å². The summed E-state index contributed by atoms with van der Waals surface area (Å²) in [5.41, 5.74) is 5.52. The largest absolute Gasteiger partial charge is 0.475 e. The van der Waals surface area contributed by atoms with Crippen molar-refractivity contribution in [3.63, 3.8) is 0 Å². The van der Waals surface area contributed by atoms with E-state index < -0.39 is 0 Å². The lowest BCUT2D eigenvalue weighted by Gasteiger charge is -2.21. The molecule has 0 aliphatic rings. The monoisotopic (exact) mass is 238 g/mol. The summed E-state index contributed by atoms with van der Waals surface area (Å²) in [6.07, 6.45) is 2.62. The van der Waals surface area contributed by atoms with Gasteiger partial charge in [0.25, 0.3) is 0 Å². The van der Waals surface area contributed by atoms with E-state index in [9.17, 15) is 0 Å². The van der Waals surface area contributed by atoms with E-state index in [4.69, 9.17) is 10.5 Å². The number of aromatic nitrogens is 2. The third-order valence-electron chi connectivity index (χ3n) is 2.32. The molecule has 0 saturated carbocycles. The molecule has 0 atom stereocenters. The van der Waals surface area contributed by atoms with E-state index in [0.29, 0.717) is 12.4 Å². The molecule has 0 aliphatic heterocycles. The van der Waals surface area contributed by atoms with Crippen molar-refractivity contribution < 1.29 is 4.74 Å². The van der Waals surface area contributed by atoms with Crippen molar-refractivity contribution in [2.45, 2.75) is 33.3 Å². The van der Waals surface area contributed by atoms with Crippen LogP contribution in [0.3, 0.4) is 0 Å². The molecule has 1 rings (SSSR count). The van der Waals surface area contributed by atoms with Gasteiger partial charge in [-0.25, -0.2) is 9.97 Å². The minimum atomic E-state index is 0.122. The molecule has 0 amide bonds. The first-order valence-corrected chi connectivity index (χ1v) is 6.11. The van der Waals surface area contributed by atoms with Crippen molar-refractivity contribution in [2.24, 2.45) is 5.73 Å². The molecule has 0 saturated heterocycles. The summed E-state index contributed by atoms with van der Waals surface area (Å²) in [5.74, 6) is 1.52. The summed E-state index contributed by atoms with van der Waals surface area (Å²) >= 11 is 0. The van der Waals surface area contributed by atoms with Crippen LogP contribution in [0.25, 0.3) is 0 Å².